The SMILES string of the molecule is O=C(O)CCC(=O)N[C@H]1CO[C@H]2[C@@H]1OC[C@@H]2n1nnnc1Oc1ccc(-n2cncn2)cc1. The maximum atomic E-state index is 12.0. The Balaban J connectivity index is 1.23. The molecule has 0 aliphatic carbocycles. The number of ether oxygens (including phenoxy) is 3. The number of tetrazole rings is 1. The molecule has 2 aliphatic rings. The standard InChI is InChI=1S/C19H20N8O6/c28-15(5-6-16(29)30)22-13-7-31-18-14(8-32-17(13)18)27-19(23-24-25-27)33-12-3-1-11(2-4-12)26-10-20-9-21-26/h1-4,9-10,13-14,17-18H,5-8H2,(H,22,28)(H,29,30)/t13-,14-,17+,18+/m0/s1. The molecule has 4 heterocycles. The Hall–Kier alpha value is -3.91. The van der Waals surface area contributed by atoms with Crippen LogP contribution in [0, 0.1) is 0 Å². The van der Waals surface area contributed by atoms with E-state index in [-0.39, 0.29) is 50.1 Å². The van der Waals surface area contributed by atoms with Crippen LogP contribution in [0.4, 0.5) is 0 Å². The lowest BCUT2D eigenvalue weighted by Crippen LogP contribution is -2.44. The summed E-state index contributed by atoms with van der Waals surface area (Å²) in [7, 11) is 0. The van der Waals surface area contributed by atoms with Gasteiger partial charge in [0.05, 0.1) is 31.4 Å². The molecular formula is C19H20N8O6. The van der Waals surface area contributed by atoms with Crippen LogP contribution >= 0.6 is 0 Å². The normalized spacial score (nSPS) is 23.9. The van der Waals surface area contributed by atoms with Crippen LogP contribution in [0.1, 0.15) is 18.9 Å². The molecule has 1 amide bonds. The van der Waals surface area contributed by atoms with E-state index in [1.165, 1.54) is 11.0 Å². The first-order valence-electron chi connectivity index (χ1n) is 10.2. The van der Waals surface area contributed by atoms with Gasteiger partial charge in [-0.25, -0.2) is 9.67 Å². The van der Waals surface area contributed by atoms with Gasteiger partial charge in [0, 0.05) is 6.42 Å². The lowest BCUT2D eigenvalue weighted by atomic mass is 10.1. The van der Waals surface area contributed by atoms with Gasteiger partial charge >= 0.3 is 12.0 Å². The second-order valence-corrected chi connectivity index (χ2v) is 7.57. The van der Waals surface area contributed by atoms with Gasteiger partial charge in [-0.15, -0.1) is 0 Å². The molecule has 2 N–H and O–H groups in total. The third-order valence-electron chi connectivity index (χ3n) is 5.45. The zero-order chi connectivity index (χ0) is 22.8. The summed E-state index contributed by atoms with van der Waals surface area (Å²) in [4.78, 5) is 26.6. The van der Waals surface area contributed by atoms with Crippen LogP contribution in [0.3, 0.4) is 0 Å². The fraction of sp³-hybridized carbons (Fsp3) is 0.421. The highest BCUT2D eigenvalue weighted by atomic mass is 16.6. The Kier molecular flexibility index (Phi) is 5.66. The van der Waals surface area contributed by atoms with Gasteiger partial charge in [-0.3, -0.25) is 9.59 Å². The smallest absolute Gasteiger partial charge is 0.341 e. The fourth-order valence-corrected chi connectivity index (χ4v) is 3.89. The quantitative estimate of drug-likeness (QED) is 0.458. The number of amides is 1. The number of aliphatic carboxylic acids is 1. The third kappa shape index (κ3) is 4.38. The fourth-order valence-electron chi connectivity index (χ4n) is 3.89. The van der Waals surface area contributed by atoms with Crippen molar-refractivity contribution < 1.29 is 28.9 Å². The van der Waals surface area contributed by atoms with Gasteiger partial charge in [-0.1, -0.05) is 5.10 Å². The van der Waals surface area contributed by atoms with E-state index in [1.807, 2.05) is 12.1 Å². The molecule has 2 aliphatic heterocycles. The molecule has 2 aromatic heterocycles. The molecule has 0 unspecified atom stereocenters. The summed E-state index contributed by atoms with van der Waals surface area (Å²) in [6.45, 7) is 0.510. The van der Waals surface area contributed by atoms with Crippen molar-refractivity contribution in [2.45, 2.75) is 37.1 Å². The molecule has 14 nitrogen and oxygen atoms in total. The molecule has 172 valence electrons. The molecule has 0 radical (unpaired) electrons. The number of nitrogens with one attached hydrogen (secondary N) is 1. The largest absolute Gasteiger partial charge is 0.481 e. The number of carbonyl (C=O) groups is 2. The molecule has 33 heavy (non-hydrogen) atoms. The number of carbonyl (C=O) groups excluding carboxylic acids is 1. The lowest BCUT2D eigenvalue weighted by Gasteiger charge is -2.18. The van der Waals surface area contributed by atoms with Crippen molar-refractivity contribution in [1.82, 2.24) is 40.3 Å². The van der Waals surface area contributed by atoms with Crippen molar-refractivity contribution in [3.8, 4) is 17.4 Å². The summed E-state index contributed by atoms with van der Waals surface area (Å²) in [5.41, 5.74) is 0.822. The monoisotopic (exact) mass is 456 g/mol. The molecule has 0 bridgehead atoms. The molecule has 2 fully saturated rings. The maximum absolute atomic E-state index is 12.0. The molecule has 2 saturated heterocycles. The lowest BCUT2D eigenvalue weighted by molar-refractivity contribution is -0.139. The van der Waals surface area contributed by atoms with Gasteiger partial charge in [-0.2, -0.15) is 9.78 Å². The van der Waals surface area contributed by atoms with Gasteiger partial charge in [-0.05, 0) is 34.7 Å². The van der Waals surface area contributed by atoms with E-state index < -0.39 is 18.2 Å². The van der Waals surface area contributed by atoms with E-state index in [0.29, 0.717) is 5.75 Å². The summed E-state index contributed by atoms with van der Waals surface area (Å²) < 4.78 is 20.7. The van der Waals surface area contributed by atoms with E-state index >= 15 is 0 Å². The topological polar surface area (TPSA) is 168 Å². The van der Waals surface area contributed by atoms with Gasteiger partial charge in [0.2, 0.25) is 5.91 Å². The zero-order valence-corrected chi connectivity index (χ0v) is 17.2. The molecule has 0 saturated carbocycles. The summed E-state index contributed by atoms with van der Waals surface area (Å²) in [5.74, 6) is -0.858. The van der Waals surface area contributed by atoms with E-state index in [9.17, 15) is 9.59 Å². The first kappa shape index (κ1) is 21.0. The summed E-state index contributed by atoms with van der Waals surface area (Å²) >= 11 is 0. The number of benzene rings is 1. The van der Waals surface area contributed by atoms with E-state index in [4.69, 9.17) is 19.3 Å². The Morgan fingerprint density at radius 3 is 2.73 bits per heavy atom. The minimum atomic E-state index is -1.03. The van der Waals surface area contributed by atoms with Crippen LogP contribution in [0.25, 0.3) is 5.69 Å². The van der Waals surface area contributed by atoms with Crippen LogP contribution in [0.2, 0.25) is 0 Å². The first-order valence-corrected chi connectivity index (χ1v) is 10.2. The summed E-state index contributed by atoms with van der Waals surface area (Å²) in [6.07, 6.45) is 1.91. The highest BCUT2D eigenvalue weighted by Crippen LogP contribution is 2.36. The number of hydrogen-bond donors (Lipinski definition) is 2. The second kappa shape index (κ2) is 8.91. The number of carboxylic acids is 1. The third-order valence-corrected chi connectivity index (χ3v) is 5.45. The molecule has 14 heteroatoms. The van der Waals surface area contributed by atoms with Crippen molar-refractivity contribution in [2.24, 2.45) is 0 Å². The minimum Gasteiger partial charge on any atom is -0.481 e. The Morgan fingerprint density at radius 1 is 1.15 bits per heavy atom. The predicted molar refractivity (Wildman–Crippen MR) is 107 cm³/mol. The van der Waals surface area contributed by atoms with Crippen LogP contribution in [0.5, 0.6) is 11.8 Å². The Morgan fingerprint density at radius 2 is 1.97 bits per heavy atom. The molecule has 0 spiro atoms. The van der Waals surface area contributed by atoms with Crippen molar-refractivity contribution in [3.05, 3.63) is 36.9 Å². The molecule has 3 aromatic rings. The Labute approximate surface area is 186 Å². The number of carboxylic acid groups (broad SMARTS) is 1. The number of hydrogen-bond acceptors (Lipinski definition) is 10. The first-order chi connectivity index (χ1) is 16.1. The molecule has 1 aromatic carbocycles. The average Bonchev–Trinajstić information content (AvgIpc) is 3.59. The van der Waals surface area contributed by atoms with Crippen molar-refractivity contribution in [3.63, 3.8) is 0 Å². The van der Waals surface area contributed by atoms with Crippen LogP contribution in [-0.2, 0) is 19.1 Å². The number of aromatic nitrogens is 7. The van der Waals surface area contributed by atoms with Crippen LogP contribution in [0.15, 0.2) is 36.9 Å². The van der Waals surface area contributed by atoms with Gasteiger partial charge in [0.25, 0.3) is 0 Å². The minimum absolute atomic E-state index is 0.104. The number of fused-ring (bicyclic) bond motifs is 1. The summed E-state index contributed by atoms with van der Waals surface area (Å²) in [6, 6.07) is 6.62. The Bertz CT molecular complexity index is 1120. The van der Waals surface area contributed by atoms with Gasteiger partial charge in [0.15, 0.2) is 0 Å². The van der Waals surface area contributed by atoms with Crippen LogP contribution in [-0.4, -0.2) is 83.4 Å². The number of rotatable bonds is 8. The van der Waals surface area contributed by atoms with E-state index in [2.05, 4.69) is 30.9 Å². The van der Waals surface area contributed by atoms with Crippen molar-refractivity contribution in [2.75, 3.05) is 13.2 Å². The highest BCUT2D eigenvalue weighted by molar-refractivity contribution is 5.80. The highest BCUT2D eigenvalue weighted by Gasteiger charge is 2.50. The number of nitrogens with zero attached hydrogens (tertiary/aromatic N) is 7. The average molecular weight is 456 g/mol. The molecule has 5 rings (SSSR count). The summed E-state index contributed by atoms with van der Waals surface area (Å²) in [5, 5.41) is 27.3. The predicted octanol–water partition coefficient (Wildman–Crippen LogP) is -0.266. The van der Waals surface area contributed by atoms with Crippen molar-refractivity contribution >= 4 is 11.9 Å². The van der Waals surface area contributed by atoms with Gasteiger partial charge in [0.1, 0.15) is 36.7 Å². The van der Waals surface area contributed by atoms with Gasteiger partial charge < -0.3 is 24.6 Å². The maximum Gasteiger partial charge on any atom is 0.341 e. The van der Waals surface area contributed by atoms with E-state index in [1.54, 1.807) is 23.1 Å². The van der Waals surface area contributed by atoms with Crippen molar-refractivity contribution in [1.29, 1.82) is 0 Å². The zero-order valence-electron chi connectivity index (χ0n) is 17.2. The molecular weight excluding hydrogens is 436 g/mol. The van der Waals surface area contributed by atoms with Crippen LogP contribution < -0.4 is 10.1 Å². The van der Waals surface area contributed by atoms with E-state index in [0.717, 1.165) is 5.69 Å². The second-order valence-electron chi connectivity index (χ2n) is 7.57. The molecule has 4 atom stereocenters.